The number of phosphoric acid groups is 7. The highest BCUT2D eigenvalue weighted by molar-refractivity contribution is 7.61. The molecule has 0 aromatic carbocycles. The summed E-state index contributed by atoms with van der Waals surface area (Å²) in [5.41, 5.74) is 0. The second-order valence-corrected chi connectivity index (χ2v) is 16.0. The van der Waals surface area contributed by atoms with Crippen LogP contribution in [0.1, 0.15) is 0 Å². The van der Waals surface area contributed by atoms with Gasteiger partial charge in [-0.05, 0) is 0 Å². The highest BCUT2D eigenvalue weighted by atomic mass is 31.3. The zero-order valence-electron chi connectivity index (χ0n) is 18.1. The van der Waals surface area contributed by atoms with Crippen molar-refractivity contribution >= 4 is 54.8 Å². The number of aliphatic hydroxyl groups is 1. The minimum Gasteiger partial charge on any atom is -0.387 e. The molecule has 2 unspecified atom stereocenters. The second-order valence-electron chi connectivity index (χ2n) is 6.89. The zero-order valence-corrected chi connectivity index (χ0v) is 24.4. The largest absolute Gasteiger partial charge is 0.481 e. The molecule has 0 bridgehead atoms. The molecule has 0 aromatic rings. The van der Waals surface area contributed by atoms with E-state index in [-0.39, 0.29) is 0 Å². The maximum atomic E-state index is 12.2. The van der Waals surface area contributed by atoms with E-state index in [1.165, 1.54) is 0 Å². The van der Waals surface area contributed by atoms with Crippen LogP contribution in [0.15, 0.2) is 0 Å². The molecule has 0 heterocycles. The molecule has 1 fully saturated rings. The smallest absolute Gasteiger partial charge is 0.387 e. The lowest BCUT2D eigenvalue weighted by Gasteiger charge is -2.47. The minimum absolute atomic E-state index is 3.16. The van der Waals surface area contributed by atoms with E-state index in [0.29, 0.717) is 0 Å². The van der Waals surface area contributed by atoms with Crippen LogP contribution in [-0.2, 0) is 63.2 Å². The molecule has 40 heavy (non-hydrogen) atoms. The van der Waals surface area contributed by atoms with E-state index in [1.807, 2.05) is 0 Å². The summed E-state index contributed by atoms with van der Waals surface area (Å²) in [6.45, 7) is 0. The topological polar surface area (TPSA) is 447 Å². The number of hydrogen-bond acceptors (Lipinski definition) is 15. The third-order valence-electron chi connectivity index (χ3n) is 3.67. The number of aliphatic hydroxyl groups excluding tert-OH is 1. The van der Waals surface area contributed by atoms with Crippen LogP contribution in [0.3, 0.4) is 0 Å². The van der Waals surface area contributed by atoms with Gasteiger partial charge in [-0.25, -0.2) is 32.0 Å². The maximum absolute atomic E-state index is 12.2. The lowest BCUT2D eigenvalue weighted by molar-refractivity contribution is -0.205. The van der Waals surface area contributed by atoms with Gasteiger partial charge in [-0.15, -0.1) is 0 Å². The Morgan fingerprint density at radius 3 is 0.850 bits per heavy atom. The van der Waals surface area contributed by atoms with Crippen molar-refractivity contribution in [2.45, 2.75) is 36.6 Å². The fraction of sp³-hybridized carbons (Fsp3) is 1.00. The Balaban J connectivity index is 3.95. The molecule has 0 aromatic heterocycles. The molecule has 1 aliphatic carbocycles. The molecule has 13 N–H and O–H groups in total. The van der Waals surface area contributed by atoms with Crippen molar-refractivity contribution in [1.29, 1.82) is 0 Å². The molecule has 8 atom stereocenters. The highest BCUT2D eigenvalue weighted by Crippen LogP contribution is 2.63. The summed E-state index contributed by atoms with van der Waals surface area (Å²) in [7, 11) is -43.0. The summed E-state index contributed by atoms with van der Waals surface area (Å²) in [4.78, 5) is 109. The van der Waals surface area contributed by atoms with Gasteiger partial charge in [-0.1, -0.05) is 0 Å². The minimum atomic E-state index is -6.40. The quantitative estimate of drug-likeness (QED) is 0.0788. The average molecular weight is 740 g/mol. The molecule has 0 amide bonds. The SMILES string of the molecule is O=P(O)(O)O[C@@H]1[C@@H](OP(=O)(O)OP(=O)(O)O)[C@H](OP(=O)(O)O)[C@@H](OP(=O)(O)O)[C@H](O)[C@@H]1OP(=O)(O)OP(=O)(O)O. The van der Waals surface area contributed by atoms with Crippen LogP contribution in [0.5, 0.6) is 0 Å². The third-order valence-corrected chi connectivity index (χ3v) is 9.60. The Morgan fingerprint density at radius 2 is 0.575 bits per heavy atom. The summed E-state index contributed by atoms with van der Waals surface area (Å²) in [5.74, 6) is 0. The van der Waals surface area contributed by atoms with Crippen LogP contribution >= 0.6 is 54.8 Å². The molecule has 0 saturated heterocycles. The van der Waals surface area contributed by atoms with Gasteiger partial charge in [0.25, 0.3) is 0 Å². The van der Waals surface area contributed by atoms with Crippen molar-refractivity contribution in [3.8, 4) is 0 Å². The van der Waals surface area contributed by atoms with Crippen molar-refractivity contribution in [1.82, 2.24) is 0 Å². The monoisotopic (exact) mass is 740 g/mol. The van der Waals surface area contributed by atoms with Crippen LogP contribution in [0.4, 0.5) is 0 Å². The van der Waals surface area contributed by atoms with Gasteiger partial charge in [-0.2, -0.15) is 8.62 Å². The average Bonchev–Trinajstić information content (AvgIpc) is 2.57. The standard InChI is InChI=1S/C6H19O27P7/c7-1-2(27-34(8,9)10)4(28-35(11,12)13)6(31-40(25,26)33-38(20,21)22)5(29-36(14,15)16)3(1)30-39(23,24)32-37(17,18)19/h1-7H,(H,23,24)(H,25,26)(H2,8,9,10)(H2,11,12,13)(H2,14,15,16)(H2,17,18,19)(H2,20,21,22)/t1-,2-,3-,4+,5-,6-/m0/s1. The van der Waals surface area contributed by atoms with E-state index in [9.17, 15) is 66.4 Å². The highest BCUT2D eigenvalue weighted by Gasteiger charge is 2.61. The predicted octanol–water partition coefficient (Wildman–Crippen LogP) is -3.02. The van der Waals surface area contributed by atoms with Crippen molar-refractivity contribution in [3.63, 3.8) is 0 Å². The van der Waals surface area contributed by atoms with Crippen LogP contribution in [-0.4, -0.2) is 100 Å². The zero-order chi connectivity index (χ0) is 31.9. The molecule has 1 aliphatic rings. The Kier molecular flexibility index (Phi) is 12.7. The van der Waals surface area contributed by atoms with Crippen LogP contribution in [0.25, 0.3) is 0 Å². The molecular weight excluding hydrogens is 721 g/mol. The van der Waals surface area contributed by atoms with Gasteiger partial charge >= 0.3 is 54.8 Å². The molecule has 1 rings (SSSR count). The first kappa shape index (κ1) is 38.8. The van der Waals surface area contributed by atoms with Crippen molar-refractivity contribution in [2.24, 2.45) is 0 Å². The number of rotatable bonds is 14. The van der Waals surface area contributed by atoms with Crippen molar-refractivity contribution in [2.75, 3.05) is 0 Å². The van der Waals surface area contributed by atoms with Gasteiger partial charge in [0.15, 0.2) is 0 Å². The Morgan fingerprint density at radius 1 is 0.350 bits per heavy atom. The molecular formula is C6H19O27P7. The second kappa shape index (κ2) is 13.0. The van der Waals surface area contributed by atoms with Gasteiger partial charge in [0, 0.05) is 0 Å². The molecule has 0 aliphatic heterocycles. The first-order valence-corrected chi connectivity index (χ1v) is 19.4. The van der Waals surface area contributed by atoms with E-state index in [0.717, 1.165) is 0 Å². The Labute approximate surface area is 219 Å². The van der Waals surface area contributed by atoms with Crippen LogP contribution < -0.4 is 0 Å². The first-order valence-electron chi connectivity index (χ1n) is 8.76. The maximum Gasteiger partial charge on any atom is 0.481 e. The van der Waals surface area contributed by atoms with E-state index in [2.05, 4.69) is 31.2 Å². The van der Waals surface area contributed by atoms with Gasteiger partial charge < -0.3 is 63.8 Å². The van der Waals surface area contributed by atoms with E-state index >= 15 is 0 Å². The Hall–Kier alpha value is 0.810. The normalized spacial score (nSPS) is 30.4. The molecule has 27 nitrogen and oxygen atoms in total. The predicted molar refractivity (Wildman–Crippen MR) is 112 cm³/mol. The molecule has 0 radical (unpaired) electrons. The van der Waals surface area contributed by atoms with Crippen molar-refractivity contribution in [3.05, 3.63) is 0 Å². The summed E-state index contributed by atoms with van der Waals surface area (Å²) in [5, 5.41) is 10.5. The number of hydrogen-bond donors (Lipinski definition) is 13. The molecule has 34 heteroatoms. The fourth-order valence-corrected chi connectivity index (χ4v) is 8.07. The third kappa shape index (κ3) is 14.5. The van der Waals surface area contributed by atoms with Gasteiger partial charge in [0.05, 0.1) is 0 Å². The van der Waals surface area contributed by atoms with Gasteiger partial charge in [0.2, 0.25) is 0 Å². The molecule has 1 saturated carbocycles. The lowest BCUT2D eigenvalue weighted by Crippen LogP contribution is -2.66. The summed E-state index contributed by atoms with van der Waals surface area (Å²) in [6, 6.07) is 0. The summed E-state index contributed by atoms with van der Waals surface area (Å²) in [6.07, 6.45) is -19.5. The van der Waals surface area contributed by atoms with Crippen molar-refractivity contribution < 1.29 is 127 Å². The van der Waals surface area contributed by atoms with Gasteiger partial charge in [0.1, 0.15) is 36.6 Å². The number of phosphoric ester groups is 5. The van der Waals surface area contributed by atoms with E-state index in [1.54, 1.807) is 0 Å². The molecule has 0 spiro atoms. The van der Waals surface area contributed by atoms with E-state index < -0.39 is 91.4 Å². The van der Waals surface area contributed by atoms with Crippen LogP contribution in [0.2, 0.25) is 0 Å². The van der Waals surface area contributed by atoms with Gasteiger partial charge in [-0.3, -0.25) is 22.6 Å². The molecule has 240 valence electrons. The lowest BCUT2D eigenvalue weighted by atomic mass is 9.85. The Bertz CT molecular complexity index is 1230. The van der Waals surface area contributed by atoms with E-state index in [4.69, 9.17) is 29.4 Å². The summed E-state index contributed by atoms with van der Waals surface area (Å²) >= 11 is 0. The fourth-order valence-electron chi connectivity index (χ4n) is 2.83. The van der Waals surface area contributed by atoms with Crippen LogP contribution in [0, 0.1) is 0 Å². The first-order chi connectivity index (χ1) is 17.3. The summed E-state index contributed by atoms with van der Waals surface area (Å²) < 4.78 is 108.